The lowest BCUT2D eigenvalue weighted by Gasteiger charge is -2.27. The first kappa shape index (κ1) is 30.7. The molecule has 0 spiro atoms. The molecular weight excluding hydrogens is 546 g/mol. The molecule has 0 aliphatic carbocycles. The van der Waals surface area contributed by atoms with Crippen LogP contribution in [0.25, 0.3) is 11.1 Å². The molecule has 1 heterocycles. The van der Waals surface area contributed by atoms with Crippen LogP contribution in [-0.4, -0.2) is 33.8 Å². The number of benzene rings is 2. The minimum absolute atomic E-state index is 0.0948. The molecule has 0 aliphatic rings. The van der Waals surface area contributed by atoms with Gasteiger partial charge in [0.15, 0.2) is 15.6 Å². The van der Waals surface area contributed by atoms with Crippen LogP contribution in [0.4, 0.5) is 8.78 Å². The van der Waals surface area contributed by atoms with Gasteiger partial charge in [0.1, 0.15) is 16.4 Å². The fourth-order valence-electron chi connectivity index (χ4n) is 3.86. The second-order valence-electron chi connectivity index (χ2n) is 10.3. The molecule has 210 valence electrons. The third-order valence-electron chi connectivity index (χ3n) is 6.21. The zero-order chi connectivity index (χ0) is 29.3. The molecule has 2 atom stereocenters. The van der Waals surface area contributed by atoms with E-state index < -0.39 is 55.2 Å². The van der Waals surface area contributed by atoms with Crippen LogP contribution in [0.1, 0.15) is 67.7 Å². The summed E-state index contributed by atoms with van der Waals surface area (Å²) in [6, 6.07) is 7.73. The first-order valence-electron chi connectivity index (χ1n) is 12.3. The van der Waals surface area contributed by atoms with E-state index in [0.29, 0.717) is 11.1 Å². The predicted molar refractivity (Wildman–Crippen MR) is 150 cm³/mol. The van der Waals surface area contributed by atoms with Crippen molar-refractivity contribution < 1.29 is 26.5 Å². The number of nitrogens with one attached hydrogen (secondary N) is 1. The van der Waals surface area contributed by atoms with Gasteiger partial charge in [0.05, 0.1) is 11.8 Å². The van der Waals surface area contributed by atoms with E-state index in [9.17, 15) is 27.0 Å². The summed E-state index contributed by atoms with van der Waals surface area (Å²) >= 11 is -1.51. The predicted octanol–water partition coefficient (Wildman–Crippen LogP) is 4.61. The molecule has 1 N–H and O–H groups in total. The van der Waals surface area contributed by atoms with Crippen molar-refractivity contribution in [3.8, 4) is 11.1 Å². The highest BCUT2D eigenvalue weighted by molar-refractivity contribution is 7.91. The van der Waals surface area contributed by atoms with Crippen molar-refractivity contribution in [2.45, 2.75) is 51.2 Å². The fraction of sp³-hybridized carbons (Fsp3) is 0.357. The second-order valence-corrected chi connectivity index (χ2v) is 14.7. The number of nitrogens with zero attached hydrogens (tertiary/aromatic N) is 1. The van der Waals surface area contributed by atoms with E-state index in [4.69, 9.17) is 0 Å². The molecule has 0 fully saturated rings. The number of aryl methyl sites for hydroxylation is 1. The number of halogens is 2. The van der Waals surface area contributed by atoms with Gasteiger partial charge in [-0.05, 0) is 75.2 Å². The zero-order valence-corrected chi connectivity index (χ0v) is 24.3. The van der Waals surface area contributed by atoms with Crippen LogP contribution in [0.15, 0.2) is 53.5 Å². The number of carbonyl (C=O) groups excluding carboxylic acids is 1. The topological polar surface area (TPSA) is 108 Å². The molecule has 3 aromatic rings. The normalized spacial score (nSPS) is 13.8. The highest BCUT2D eigenvalue weighted by Crippen LogP contribution is 2.34. The smallest absolute Gasteiger partial charge is 0.250 e. The lowest BCUT2D eigenvalue weighted by atomic mass is 9.89. The molecule has 39 heavy (non-hydrogen) atoms. The minimum Gasteiger partial charge on any atom is -0.598 e. The molecule has 1 aromatic heterocycles. The number of pyridine rings is 1. The lowest BCUT2D eigenvalue weighted by molar-refractivity contribution is 0.103. The van der Waals surface area contributed by atoms with Crippen molar-refractivity contribution in [1.82, 2.24) is 9.29 Å². The first-order chi connectivity index (χ1) is 18.0. The maximum Gasteiger partial charge on any atom is 0.250 e. The summed E-state index contributed by atoms with van der Waals surface area (Å²) in [5.41, 5.74) is 0.418. The molecule has 0 saturated carbocycles. The molecule has 3 rings (SSSR count). The summed E-state index contributed by atoms with van der Waals surface area (Å²) in [5.74, 6) is -2.84. The Morgan fingerprint density at radius 1 is 1.10 bits per heavy atom. The largest absolute Gasteiger partial charge is 0.598 e. The summed E-state index contributed by atoms with van der Waals surface area (Å²) < 4.78 is 70.0. The number of hydrogen-bond acceptors (Lipinski definition) is 6. The van der Waals surface area contributed by atoms with Gasteiger partial charge in [-0.3, -0.25) is 9.59 Å². The Morgan fingerprint density at radius 3 is 2.28 bits per heavy atom. The molecule has 11 heteroatoms. The highest BCUT2D eigenvalue weighted by Gasteiger charge is 2.30. The van der Waals surface area contributed by atoms with Crippen LogP contribution in [0.5, 0.6) is 0 Å². The van der Waals surface area contributed by atoms with Gasteiger partial charge in [-0.25, -0.2) is 17.2 Å². The first-order valence-corrected chi connectivity index (χ1v) is 15.2. The van der Waals surface area contributed by atoms with Crippen molar-refractivity contribution in [3.63, 3.8) is 0 Å². The third kappa shape index (κ3) is 7.21. The standard InChI is InChI=1S/C28H32F2N2O5S2/c1-7-39(36,37)16-19-12-22(23(13-25(19)30)27(34)18-8-10-20(29)11-9-18)24-15-32(6)26(33)14-21(24)17(2)31-38(35)28(3,4)5/h8-15,17,31H,7,16H2,1-6H3/t17-,38?/m0/s1. The Hall–Kier alpha value is -2.86. The fourth-order valence-corrected chi connectivity index (χ4v) is 5.56. The Labute approximate surface area is 230 Å². The molecule has 0 radical (unpaired) electrons. The number of aromatic nitrogens is 1. The number of carbonyl (C=O) groups is 1. The number of rotatable bonds is 9. The SMILES string of the molecule is CCS(=O)(=O)Cc1cc(-c2cn(C)c(=O)cc2[C@H](C)N[S+]([O-])C(C)(C)C)c(C(=O)c2ccc(F)cc2)cc1F. The van der Waals surface area contributed by atoms with Gasteiger partial charge in [0, 0.05) is 58.7 Å². The van der Waals surface area contributed by atoms with Crippen LogP contribution in [-0.2, 0) is 34.0 Å². The van der Waals surface area contributed by atoms with E-state index in [1.807, 2.05) is 0 Å². The van der Waals surface area contributed by atoms with E-state index in [0.717, 1.165) is 18.2 Å². The molecule has 0 bridgehead atoms. The van der Waals surface area contributed by atoms with Crippen molar-refractivity contribution in [2.24, 2.45) is 7.05 Å². The van der Waals surface area contributed by atoms with Gasteiger partial charge in [0.25, 0.3) is 5.56 Å². The summed E-state index contributed by atoms with van der Waals surface area (Å²) in [6.45, 7) is 8.51. The van der Waals surface area contributed by atoms with Gasteiger partial charge in [0.2, 0.25) is 0 Å². The number of hydrogen-bond donors (Lipinski definition) is 1. The van der Waals surface area contributed by atoms with Gasteiger partial charge in [-0.2, -0.15) is 0 Å². The zero-order valence-electron chi connectivity index (χ0n) is 22.7. The Morgan fingerprint density at radius 2 is 1.72 bits per heavy atom. The average Bonchev–Trinajstić information content (AvgIpc) is 2.85. The molecular formula is C28H32F2N2O5S2. The highest BCUT2D eigenvalue weighted by atomic mass is 32.2. The second kappa shape index (κ2) is 11.7. The summed E-state index contributed by atoms with van der Waals surface area (Å²) in [5, 5.41) is 0. The molecule has 0 amide bonds. The Kier molecular flexibility index (Phi) is 9.21. The maximum absolute atomic E-state index is 15.3. The summed E-state index contributed by atoms with van der Waals surface area (Å²) in [4.78, 5) is 26.2. The number of sulfone groups is 1. The van der Waals surface area contributed by atoms with Gasteiger partial charge in [-0.1, -0.05) is 6.92 Å². The minimum atomic E-state index is -3.63. The van der Waals surface area contributed by atoms with Crippen LogP contribution in [0.2, 0.25) is 0 Å². The van der Waals surface area contributed by atoms with Crippen molar-refractivity contribution >= 4 is 27.0 Å². The average molecular weight is 579 g/mol. The van der Waals surface area contributed by atoms with Gasteiger partial charge >= 0.3 is 0 Å². The van der Waals surface area contributed by atoms with E-state index in [1.165, 1.54) is 49.0 Å². The van der Waals surface area contributed by atoms with E-state index in [1.54, 1.807) is 27.7 Å². The Bertz CT molecular complexity index is 1550. The molecule has 1 unspecified atom stereocenters. The molecule has 2 aromatic carbocycles. The monoisotopic (exact) mass is 578 g/mol. The lowest BCUT2D eigenvalue weighted by Crippen LogP contribution is -2.41. The van der Waals surface area contributed by atoms with E-state index in [-0.39, 0.29) is 33.6 Å². The summed E-state index contributed by atoms with van der Waals surface area (Å²) in [7, 11) is -2.12. The van der Waals surface area contributed by atoms with E-state index in [2.05, 4.69) is 4.72 Å². The van der Waals surface area contributed by atoms with Crippen molar-refractivity contribution in [2.75, 3.05) is 5.75 Å². The summed E-state index contributed by atoms with van der Waals surface area (Å²) in [6.07, 6.45) is 1.47. The Balaban J connectivity index is 2.32. The van der Waals surface area contributed by atoms with Gasteiger partial charge < -0.3 is 9.12 Å². The number of ketones is 1. The molecule has 0 saturated heterocycles. The van der Waals surface area contributed by atoms with Crippen LogP contribution >= 0.6 is 0 Å². The molecule has 0 aliphatic heterocycles. The van der Waals surface area contributed by atoms with Crippen molar-refractivity contribution in [1.29, 1.82) is 0 Å². The molecule has 7 nitrogen and oxygen atoms in total. The van der Waals surface area contributed by atoms with Crippen molar-refractivity contribution in [3.05, 3.63) is 92.9 Å². The van der Waals surface area contributed by atoms with Crippen LogP contribution < -0.4 is 10.3 Å². The van der Waals surface area contributed by atoms with Crippen LogP contribution in [0, 0.1) is 11.6 Å². The van der Waals surface area contributed by atoms with E-state index >= 15 is 4.39 Å². The third-order valence-corrected chi connectivity index (χ3v) is 9.52. The maximum atomic E-state index is 15.3. The van der Waals surface area contributed by atoms with Crippen LogP contribution in [0.3, 0.4) is 0 Å². The van der Waals surface area contributed by atoms with Gasteiger partial charge in [-0.15, -0.1) is 4.72 Å². The quantitative estimate of drug-likeness (QED) is 0.294.